The third-order valence-electron chi connectivity index (χ3n) is 3.45. The summed E-state index contributed by atoms with van der Waals surface area (Å²) in [6, 6.07) is 15.9. The quantitative estimate of drug-likeness (QED) is 0.771. The van der Waals surface area contributed by atoms with Gasteiger partial charge in [0.2, 0.25) is 0 Å². The highest BCUT2D eigenvalue weighted by Gasteiger charge is 2.15. The van der Waals surface area contributed by atoms with Gasteiger partial charge in [-0.05, 0) is 36.2 Å². The van der Waals surface area contributed by atoms with E-state index in [1.165, 1.54) is 5.56 Å². The number of halogens is 1. The highest BCUT2D eigenvalue weighted by Crippen LogP contribution is 2.22. The van der Waals surface area contributed by atoms with E-state index in [2.05, 4.69) is 16.0 Å². The number of benzene rings is 2. The summed E-state index contributed by atoms with van der Waals surface area (Å²) >= 11 is 6.03. The maximum absolute atomic E-state index is 6.03. The van der Waals surface area contributed by atoms with Crippen molar-refractivity contribution in [2.24, 2.45) is 5.73 Å². The zero-order valence-corrected chi connectivity index (χ0v) is 11.8. The van der Waals surface area contributed by atoms with Crippen LogP contribution in [-0.2, 0) is 6.42 Å². The van der Waals surface area contributed by atoms with E-state index in [9.17, 15) is 0 Å². The number of imidazole rings is 1. The first kappa shape index (κ1) is 13.2. The van der Waals surface area contributed by atoms with E-state index in [4.69, 9.17) is 17.3 Å². The molecule has 3 rings (SSSR count). The second kappa shape index (κ2) is 5.65. The predicted molar refractivity (Wildman–Crippen MR) is 83.0 cm³/mol. The lowest BCUT2D eigenvalue weighted by Crippen LogP contribution is -2.16. The molecule has 20 heavy (non-hydrogen) atoms. The second-order valence-electron chi connectivity index (χ2n) is 4.91. The van der Waals surface area contributed by atoms with E-state index in [0.717, 1.165) is 28.3 Å². The summed E-state index contributed by atoms with van der Waals surface area (Å²) in [6.07, 6.45) is 0.830. The number of nitrogens with zero attached hydrogens (tertiary/aromatic N) is 1. The number of hydrogen-bond acceptors (Lipinski definition) is 2. The fourth-order valence-corrected chi connectivity index (χ4v) is 2.62. The van der Waals surface area contributed by atoms with E-state index in [1.807, 2.05) is 42.5 Å². The Balaban J connectivity index is 1.89. The maximum Gasteiger partial charge on any atom is 0.111 e. The van der Waals surface area contributed by atoms with Crippen LogP contribution in [0.15, 0.2) is 48.5 Å². The van der Waals surface area contributed by atoms with Crippen molar-refractivity contribution < 1.29 is 0 Å². The number of aromatic amines is 1. The Morgan fingerprint density at radius 3 is 2.75 bits per heavy atom. The molecule has 0 aliphatic rings. The summed E-state index contributed by atoms with van der Waals surface area (Å²) in [5.41, 5.74) is 9.12. The average molecular weight is 286 g/mol. The van der Waals surface area contributed by atoms with Crippen LogP contribution in [0.1, 0.15) is 17.3 Å². The van der Waals surface area contributed by atoms with Crippen molar-refractivity contribution in [3.63, 3.8) is 0 Å². The molecule has 2 aromatic carbocycles. The lowest BCUT2D eigenvalue weighted by molar-refractivity contribution is 0.658. The molecule has 0 aliphatic heterocycles. The lowest BCUT2D eigenvalue weighted by atomic mass is 9.99. The Morgan fingerprint density at radius 1 is 1.15 bits per heavy atom. The number of fused-ring (bicyclic) bond motifs is 1. The topological polar surface area (TPSA) is 54.7 Å². The molecule has 0 saturated carbocycles. The highest BCUT2D eigenvalue weighted by atomic mass is 35.5. The molecule has 1 heterocycles. The van der Waals surface area contributed by atoms with Crippen molar-refractivity contribution in [1.29, 1.82) is 0 Å². The van der Waals surface area contributed by atoms with Gasteiger partial charge in [-0.3, -0.25) is 0 Å². The van der Waals surface area contributed by atoms with Crippen molar-refractivity contribution in [2.75, 3.05) is 6.54 Å². The normalized spacial score (nSPS) is 12.7. The number of para-hydroxylation sites is 2. The molecule has 0 spiro atoms. The third kappa shape index (κ3) is 2.69. The summed E-state index contributed by atoms with van der Waals surface area (Å²) in [5, 5.41) is 0.753. The summed E-state index contributed by atoms with van der Waals surface area (Å²) in [4.78, 5) is 7.99. The van der Waals surface area contributed by atoms with Gasteiger partial charge in [0.25, 0.3) is 0 Å². The SMILES string of the molecule is NCC(Cc1cccc(Cl)c1)c1nc2ccccc2[nH]1. The summed E-state index contributed by atoms with van der Waals surface area (Å²) in [5.74, 6) is 1.11. The van der Waals surface area contributed by atoms with Gasteiger partial charge >= 0.3 is 0 Å². The smallest absolute Gasteiger partial charge is 0.111 e. The van der Waals surface area contributed by atoms with Gasteiger partial charge in [0.05, 0.1) is 11.0 Å². The van der Waals surface area contributed by atoms with Crippen LogP contribution in [0.25, 0.3) is 11.0 Å². The van der Waals surface area contributed by atoms with Gasteiger partial charge < -0.3 is 10.7 Å². The molecule has 0 bridgehead atoms. The van der Waals surface area contributed by atoms with Gasteiger partial charge in [0.15, 0.2) is 0 Å². The van der Waals surface area contributed by atoms with E-state index >= 15 is 0 Å². The van der Waals surface area contributed by atoms with Gasteiger partial charge in [-0.2, -0.15) is 0 Å². The van der Waals surface area contributed by atoms with Crippen molar-refractivity contribution >= 4 is 22.6 Å². The standard InChI is InChI=1S/C16H16ClN3/c17-13-5-3-4-11(9-13)8-12(10-18)16-19-14-6-1-2-7-15(14)20-16/h1-7,9,12H,8,10,18H2,(H,19,20). The fourth-order valence-electron chi connectivity index (χ4n) is 2.41. The largest absolute Gasteiger partial charge is 0.342 e. The Hall–Kier alpha value is -1.84. The molecule has 4 heteroatoms. The second-order valence-corrected chi connectivity index (χ2v) is 5.34. The van der Waals surface area contributed by atoms with E-state index < -0.39 is 0 Å². The molecule has 0 radical (unpaired) electrons. The lowest BCUT2D eigenvalue weighted by Gasteiger charge is -2.12. The van der Waals surface area contributed by atoms with Crippen molar-refractivity contribution in [3.05, 3.63) is 64.9 Å². The van der Waals surface area contributed by atoms with Crippen LogP contribution >= 0.6 is 11.6 Å². The van der Waals surface area contributed by atoms with Crippen molar-refractivity contribution in [1.82, 2.24) is 9.97 Å². The molecule has 1 aromatic heterocycles. The van der Waals surface area contributed by atoms with Crippen LogP contribution in [-0.4, -0.2) is 16.5 Å². The first-order valence-corrected chi connectivity index (χ1v) is 7.03. The Kier molecular flexibility index (Phi) is 3.72. The van der Waals surface area contributed by atoms with Crippen LogP contribution in [0.3, 0.4) is 0 Å². The van der Waals surface area contributed by atoms with E-state index in [-0.39, 0.29) is 5.92 Å². The molecular formula is C16H16ClN3. The maximum atomic E-state index is 6.03. The van der Waals surface area contributed by atoms with Gasteiger partial charge in [-0.1, -0.05) is 35.9 Å². The average Bonchev–Trinajstić information content (AvgIpc) is 2.88. The molecule has 1 unspecified atom stereocenters. The van der Waals surface area contributed by atoms with E-state index in [1.54, 1.807) is 0 Å². The highest BCUT2D eigenvalue weighted by molar-refractivity contribution is 6.30. The molecule has 3 N–H and O–H groups in total. The number of nitrogens with two attached hydrogens (primary N) is 1. The molecule has 1 atom stereocenters. The summed E-state index contributed by atoms with van der Waals surface area (Å²) in [7, 11) is 0. The van der Waals surface area contributed by atoms with Crippen LogP contribution in [0.2, 0.25) is 5.02 Å². The molecule has 102 valence electrons. The van der Waals surface area contributed by atoms with Gasteiger partial charge in [-0.25, -0.2) is 4.98 Å². The molecule has 0 amide bonds. The van der Waals surface area contributed by atoms with Crippen molar-refractivity contribution in [3.8, 4) is 0 Å². The number of rotatable bonds is 4. The van der Waals surface area contributed by atoms with Crippen molar-refractivity contribution in [2.45, 2.75) is 12.3 Å². The Labute approximate surface area is 122 Å². The van der Waals surface area contributed by atoms with Gasteiger partial charge in [0, 0.05) is 17.5 Å². The minimum Gasteiger partial charge on any atom is -0.342 e. The monoisotopic (exact) mass is 285 g/mol. The molecular weight excluding hydrogens is 270 g/mol. The number of hydrogen-bond donors (Lipinski definition) is 2. The third-order valence-corrected chi connectivity index (χ3v) is 3.69. The van der Waals surface area contributed by atoms with Crippen LogP contribution < -0.4 is 5.73 Å². The zero-order valence-electron chi connectivity index (χ0n) is 11.0. The molecule has 3 aromatic rings. The Bertz CT molecular complexity index is 687. The molecule has 0 saturated heterocycles. The van der Waals surface area contributed by atoms with Crippen LogP contribution in [0.5, 0.6) is 0 Å². The summed E-state index contributed by atoms with van der Waals surface area (Å²) in [6.45, 7) is 0.548. The fraction of sp³-hybridized carbons (Fsp3) is 0.188. The Morgan fingerprint density at radius 2 is 2.00 bits per heavy atom. The van der Waals surface area contributed by atoms with Gasteiger partial charge in [0.1, 0.15) is 5.82 Å². The number of aromatic nitrogens is 2. The first-order chi connectivity index (χ1) is 9.76. The number of nitrogens with one attached hydrogen (secondary N) is 1. The first-order valence-electron chi connectivity index (χ1n) is 6.65. The zero-order chi connectivity index (χ0) is 13.9. The molecule has 3 nitrogen and oxygen atoms in total. The molecule has 0 fully saturated rings. The summed E-state index contributed by atoms with van der Waals surface area (Å²) < 4.78 is 0. The minimum absolute atomic E-state index is 0.167. The minimum atomic E-state index is 0.167. The van der Waals surface area contributed by atoms with Crippen LogP contribution in [0.4, 0.5) is 0 Å². The van der Waals surface area contributed by atoms with Gasteiger partial charge in [-0.15, -0.1) is 0 Å². The predicted octanol–water partition coefficient (Wildman–Crippen LogP) is 3.50. The van der Waals surface area contributed by atoms with Crippen LogP contribution in [0, 0.1) is 0 Å². The number of H-pyrrole nitrogens is 1. The van der Waals surface area contributed by atoms with E-state index in [0.29, 0.717) is 6.54 Å². The molecule has 0 aliphatic carbocycles.